The van der Waals surface area contributed by atoms with Crippen LogP contribution in [0.15, 0.2) is 84.9 Å². The third kappa shape index (κ3) is 5.56. The third-order valence-electron chi connectivity index (χ3n) is 8.42. The number of methoxy groups -OCH3 is 1. The number of nitrogens with one attached hydrogen (secondary N) is 1. The number of amides is 1. The number of aliphatic hydroxyl groups is 1. The monoisotopic (exact) mass is 529 g/mol. The second-order valence-corrected chi connectivity index (χ2v) is 10.7. The Balaban J connectivity index is 1.23. The highest BCUT2D eigenvalue weighted by molar-refractivity contribution is 5.96. The van der Waals surface area contributed by atoms with Crippen LogP contribution >= 0.6 is 0 Å². The van der Waals surface area contributed by atoms with E-state index in [1.165, 1.54) is 0 Å². The molecule has 3 aromatic rings. The first-order chi connectivity index (χ1) is 18.9. The van der Waals surface area contributed by atoms with Crippen molar-refractivity contribution < 1.29 is 28.7 Å². The molecule has 3 saturated heterocycles. The van der Waals surface area contributed by atoms with Crippen LogP contribution in [0.4, 0.5) is 0 Å². The van der Waals surface area contributed by atoms with Gasteiger partial charge in [0.1, 0.15) is 12.3 Å². The van der Waals surface area contributed by atoms with Crippen molar-refractivity contribution in [3.05, 3.63) is 102 Å². The Labute approximate surface area is 230 Å². The Kier molecular flexibility index (Phi) is 8.00. The normalized spacial score (nSPS) is 22.2. The Morgan fingerprint density at radius 3 is 2.13 bits per heavy atom. The SMILES string of the molecule is COc1ccccc1C(=O)NCCC[N+]12CCC(CC1)C(OC(=O)C(O)(c1ccccc1)c1ccccc1)C2. The molecule has 39 heavy (non-hydrogen) atoms. The number of hydrogen-bond donors (Lipinski definition) is 2. The lowest BCUT2D eigenvalue weighted by atomic mass is 9.82. The highest BCUT2D eigenvalue weighted by atomic mass is 16.6. The quantitative estimate of drug-likeness (QED) is 0.236. The smallest absolute Gasteiger partial charge is 0.348 e. The number of carbonyl (C=O) groups excluding carboxylic acids is 2. The number of fused-ring (bicyclic) bond motifs is 3. The lowest BCUT2D eigenvalue weighted by Gasteiger charge is -2.52. The van der Waals surface area contributed by atoms with Gasteiger partial charge in [-0.2, -0.15) is 0 Å². The molecule has 0 spiro atoms. The van der Waals surface area contributed by atoms with Gasteiger partial charge in [-0.05, 0) is 23.3 Å². The summed E-state index contributed by atoms with van der Waals surface area (Å²) in [5, 5.41) is 14.8. The molecule has 204 valence electrons. The summed E-state index contributed by atoms with van der Waals surface area (Å²) >= 11 is 0. The number of carbonyl (C=O) groups is 2. The molecule has 3 fully saturated rings. The van der Waals surface area contributed by atoms with E-state index in [4.69, 9.17) is 9.47 Å². The molecule has 0 saturated carbocycles. The number of hydrogen-bond acceptors (Lipinski definition) is 5. The first kappa shape index (κ1) is 26.9. The minimum atomic E-state index is -1.87. The summed E-state index contributed by atoms with van der Waals surface area (Å²) in [4.78, 5) is 26.4. The summed E-state index contributed by atoms with van der Waals surface area (Å²) < 4.78 is 12.3. The van der Waals surface area contributed by atoms with Crippen LogP contribution in [0.5, 0.6) is 5.75 Å². The number of nitrogens with zero attached hydrogens (tertiary/aromatic N) is 1. The van der Waals surface area contributed by atoms with Gasteiger partial charge in [0.2, 0.25) is 5.60 Å². The van der Waals surface area contributed by atoms with E-state index in [-0.39, 0.29) is 12.0 Å². The van der Waals surface area contributed by atoms with Gasteiger partial charge in [-0.3, -0.25) is 4.79 Å². The Hall–Kier alpha value is -3.68. The molecule has 1 unspecified atom stereocenters. The van der Waals surface area contributed by atoms with Crippen molar-refractivity contribution in [3.8, 4) is 5.75 Å². The Morgan fingerprint density at radius 1 is 0.923 bits per heavy atom. The van der Waals surface area contributed by atoms with E-state index in [0.29, 0.717) is 34.9 Å². The fourth-order valence-electron chi connectivity index (χ4n) is 6.20. The number of piperidine rings is 3. The van der Waals surface area contributed by atoms with E-state index < -0.39 is 11.6 Å². The maximum atomic E-state index is 13.7. The molecular weight excluding hydrogens is 492 g/mol. The molecular formula is C32H37N2O5+. The van der Waals surface area contributed by atoms with Gasteiger partial charge in [0.05, 0.1) is 32.3 Å². The van der Waals surface area contributed by atoms with Gasteiger partial charge in [-0.1, -0.05) is 72.8 Å². The summed E-state index contributed by atoms with van der Waals surface area (Å²) in [6.45, 7) is 4.28. The van der Waals surface area contributed by atoms with Crippen molar-refractivity contribution in [2.45, 2.75) is 31.0 Å². The van der Waals surface area contributed by atoms with Gasteiger partial charge in [0.15, 0.2) is 6.10 Å². The number of esters is 1. The second kappa shape index (κ2) is 11.6. The number of rotatable bonds is 10. The zero-order valence-corrected chi connectivity index (χ0v) is 22.4. The maximum Gasteiger partial charge on any atom is 0.348 e. The Morgan fingerprint density at radius 2 is 1.51 bits per heavy atom. The molecule has 7 heteroatoms. The van der Waals surface area contributed by atoms with Crippen LogP contribution in [-0.2, 0) is 15.1 Å². The molecule has 2 N–H and O–H groups in total. The zero-order valence-electron chi connectivity index (χ0n) is 22.4. The molecule has 7 nitrogen and oxygen atoms in total. The second-order valence-electron chi connectivity index (χ2n) is 10.7. The van der Waals surface area contributed by atoms with Gasteiger partial charge in [0, 0.05) is 31.7 Å². The van der Waals surface area contributed by atoms with Gasteiger partial charge in [-0.15, -0.1) is 0 Å². The maximum absolute atomic E-state index is 13.7. The number of ether oxygens (including phenoxy) is 2. The molecule has 6 rings (SSSR count). The molecule has 2 bridgehead atoms. The first-order valence-corrected chi connectivity index (χ1v) is 13.8. The largest absolute Gasteiger partial charge is 0.496 e. The van der Waals surface area contributed by atoms with E-state index in [2.05, 4.69) is 5.32 Å². The van der Waals surface area contributed by atoms with Crippen LogP contribution < -0.4 is 10.1 Å². The van der Waals surface area contributed by atoms with Gasteiger partial charge in [-0.25, -0.2) is 4.79 Å². The first-order valence-electron chi connectivity index (χ1n) is 13.8. The predicted molar refractivity (Wildman–Crippen MR) is 148 cm³/mol. The van der Waals surface area contributed by atoms with Crippen LogP contribution in [0, 0.1) is 5.92 Å². The molecule has 0 aliphatic carbocycles. The van der Waals surface area contributed by atoms with E-state index >= 15 is 0 Å². The standard InChI is InChI=1S/C32H36N2O5/c1-38-28-16-9-8-15-27(28)30(35)33-19-10-20-34-21-17-24(18-22-34)29(23-34)39-31(36)32(37,25-11-4-2-5-12-25)26-13-6-3-7-14-26/h2-9,11-16,24,29,37H,10,17-23H2,1H3/p+1. The predicted octanol–water partition coefficient (Wildman–Crippen LogP) is 3.90. The highest BCUT2D eigenvalue weighted by Crippen LogP contribution is 2.38. The zero-order chi connectivity index (χ0) is 27.3. The Bertz CT molecular complexity index is 1230. The molecule has 3 aromatic carbocycles. The third-order valence-corrected chi connectivity index (χ3v) is 8.42. The average Bonchev–Trinajstić information content (AvgIpc) is 3.00. The van der Waals surface area contributed by atoms with E-state index in [1.54, 1.807) is 43.5 Å². The summed E-state index contributed by atoms with van der Waals surface area (Å²) in [7, 11) is 1.56. The lowest BCUT2D eigenvalue weighted by Crippen LogP contribution is -2.65. The van der Waals surface area contributed by atoms with Crippen LogP contribution in [-0.4, -0.2) is 67.4 Å². The van der Waals surface area contributed by atoms with Crippen molar-refractivity contribution in [1.29, 1.82) is 0 Å². The van der Waals surface area contributed by atoms with Crippen molar-refractivity contribution in [1.82, 2.24) is 5.32 Å². The molecule has 1 amide bonds. The van der Waals surface area contributed by atoms with Crippen molar-refractivity contribution in [3.63, 3.8) is 0 Å². The minimum absolute atomic E-state index is 0.141. The summed E-state index contributed by atoms with van der Waals surface area (Å²) in [5.41, 5.74) is -0.348. The molecule has 0 aromatic heterocycles. The van der Waals surface area contributed by atoms with Crippen molar-refractivity contribution in [2.24, 2.45) is 5.92 Å². The molecule has 3 heterocycles. The summed E-state index contributed by atoms with van der Waals surface area (Å²) in [5.74, 6) is 0.0965. The van der Waals surface area contributed by atoms with E-state index in [0.717, 1.165) is 49.9 Å². The lowest BCUT2D eigenvalue weighted by molar-refractivity contribution is -0.946. The van der Waals surface area contributed by atoms with Crippen molar-refractivity contribution in [2.75, 3.05) is 39.8 Å². The van der Waals surface area contributed by atoms with E-state index in [9.17, 15) is 14.7 Å². The molecule has 3 aliphatic rings. The molecule has 1 atom stereocenters. The highest BCUT2D eigenvalue weighted by Gasteiger charge is 2.50. The van der Waals surface area contributed by atoms with Crippen LogP contribution in [0.3, 0.4) is 0 Å². The van der Waals surface area contributed by atoms with Crippen molar-refractivity contribution >= 4 is 11.9 Å². The van der Waals surface area contributed by atoms with Gasteiger partial charge >= 0.3 is 5.97 Å². The molecule has 3 aliphatic heterocycles. The topological polar surface area (TPSA) is 84.9 Å². The van der Waals surface area contributed by atoms with Gasteiger partial charge in [0.25, 0.3) is 5.91 Å². The fourth-order valence-corrected chi connectivity index (χ4v) is 6.20. The average molecular weight is 530 g/mol. The summed E-state index contributed by atoms with van der Waals surface area (Å²) in [6.07, 6.45) is 2.55. The van der Waals surface area contributed by atoms with Crippen LogP contribution in [0.25, 0.3) is 0 Å². The molecule has 0 radical (unpaired) electrons. The fraction of sp³-hybridized carbons (Fsp3) is 0.375. The minimum Gasteiger partial charge on any atom is -0.496 e. The number of benzene rings is 3. The summed E-state index contributed by atoms with van der Waals surface area (Å²) in [6, 6.07) is 25.2. The van der Waals surface area contributed by atoms with Gasteiger partial charge < -0.3 is 24.4 Å². The number of para-hydroxylation sites is 1. The number of quaternary nitrogens is 1. The van der Waals surface area contributed by atoms with E-state index in [1.807, 2.05) is 48.5 Å². The van der Waals surface area contributed by atoms with Crippen LogP contribution in [0.1, 0.15) is 40.7 Å². The van der Waals surface area contributed by atoms with Crippen LogP contribution in [0.2, 0.25) is 0 Å².